The quantitative estimate of drug-likeness (QED) is 0.425. The Morgan fingerprint density at radius 3 is 2.79 bits per heavy atom. The molecule has 4 heterocycles. The molecule has 0 saturated carbocycles. The number of benzene rings is 1. The molecule has 0 amide bonds. The molecule has 1 saturated heterocycles. The molecule has 5 rings (SSSR count). The van der Waals surface area contributed by atoms with Crippen LogP contribution in [0.4, 0.5) is 23.0 Å². The van der Waals surface area contributed by atoms with Crippen LogP contribution < -0.4 is 21.5 Å². The van der Waals surface area contributed by atoms with Crippen LogP contribution in [0.2, 0.25) is 0 Å². The first-order chi connectivity index (χ1) is 16.4. The van der Waals surface area contributed by atoms with Crippen molar-refractivity contribution >= 4 is 33.8 Å². The smallest absolute Gasteiger partial charge is 0.259 e. The molecule has 1 atom stereocenters. The van der Waals surface area contributed by atoms with Gasteiger partial charge in [-0.1, -0.05) is 0 Å². The molecule has 0 bridgehead atoms. The third-order valence-corrected chi connectivity index (χ3v) is 6.04. The molecule has 0 spiro atoms. The first kappa shape index (κ1) is 21.8. The van der Waals surface area contributed by atoms with Crippen LogP contribution in [0.1, 0.15) is 18.2 Å². The molecule has 9 heteroatoms. The van der Waals surface area contributed by atoms with E-state index in [-0.39, 0.29) is 11.7 Å². The van der Waals surface area contributed by atoms with Gasteiger partial charge in [0.15, 0.2) is 0 Å². The van der Waals surface area contributed by atoms with Gasteiger partial charge in [-0.3, -0.25) is 4.79 Å². The molecule has 3 aromatic heterocycles. The number of nitrogens with two attached hydrogens (primary N) is 1. The van der Waals surface area contributed by atoms with E-state index in [2.05, 4.69) is 51.1 Å². The minimum atomic E-state index is -0.214. The van der Waals surface area contributed by atoms with Gasteiger partial charge in [0.1, 0.15) is 17.3 Å². The summed E-state index contributed by atoms with van der Waals surface area (Å²) in [5.74, 6) is 0.835. The second-order valence-electron chi connectivity index (χ2n) is 8.61. The van der Waals surface area contributed by atoms with E-state index < -0.39 is 0 Å². The van der Waals surface area contributed by atoms with Gasteiger partial charge in [-0.2, -0.15) is 0 Å². The summed E-state index contributed by atoms with van der Waals surface area (Å²) in [5.41, 5.74) is 10.6. The molecular weight excluding hydrogens is 430 g/mol. The van der Waals surface area contributed by atoms with Crippen LogP contribution in [-0.2, 0) is 4.74 Å². The summed E-state index contributed by atoms with van der Waals surface area (Å²) in [4.78, 5) is 31.3. The molecule has 0 aliphatic carbocycles. The number of aromatic nitrogens is 4. The van der Waals surface area contributed by atoms with Crippen molar-refractivity contribution in [3.8, 4) is 11.4 Å². The lowest BCUT2D eigenvalue weighted by atomic mass is 10.1. The number of rotatable bonds is 4. The first-order valence-corrected chi connectivity index (χ1v) is 11.2. The van der Waals surface area contributed by atoms with Crippen molar-refractivity contribution in [1.82, 2.24) is 19.9 Å². The summed E-state index contributed by atoms with van der Waals surface area (Å²) in [6.45, 7) is 8.42. The Hall–Kier alpha value is -3.98. The van der Waals surface area contributed by atoms with E-state index >= 15 is 0 Å². The molecular formula is C25H27N7O2. The molecule has 174 valence electrons. The maximum Gasteiger partial charge on any atom is 0.259 e. The SMILES string of the molecule is Cc1cc(Nc2nc(-c3cnc(N)c(C)n3)cc3cc[nH]c(=O)c23)ccc1N1CCO[C@H](C)C1. The van der Waals surface area contributed by atoms with Gasteiger partial charge >= 0.3 is 0 Å². The molecule has 34 heavy (non-hydrogen) atoms. The monoisotopic (exact) mass is 457 g/mol. The average molecular weight is 458 g/mol. The van der Waals surface area contributed by atoms with E-state index in [1.807, 2.05) is 18.2 Å². The van der Waals surface area contributed by atoms with Gasteiger partial charge in [0.05, 0.1) is 35.7 Å². The number of H-pyrrole nitrogens is 1. The minimum Gasteiger partial charge on any atom is -0.382 e. The highest BCUT2D eigenvalue weighted by atomic mass is 16.5. The zero-order valence-electron chi connectivity index (χ0n) is 19.4. The number of hydrogen-bond acceptors (Lipinski definition) is 8. The summed E-state index contributed by atoms with van der Waals surface area (Å²) < 4.78 is 5.67. The first-order valence-electron chi connectivity index (χ1n) is 11.2. The van der Waals surface area contributed by atoms with Gasteiger partial charge in [-0.25, -0.2) is 15.0 Å². The van der Waals surface area contributed by atoms with Crippen LogP contribution in [0, 0.1) is 13.8 Å². The lowest BCUT2D eigenvalue weighted by Gasteiger charge is -2.34. The fourth-order valence-electron chi connectivity index (χ4n) is 4.31. The highest BCUT2D eigenvalue weighted by Gasteiger charge is 2.19. The van der Waals surface area contributed by atoms with Gasteiger partial charge in [-0.15, -0.1) is 0 Å². The Balaban J connectivity index is 1.54. The molecule has 1 aliphatic heterocycles. The van der Waals surface area contributed by atoms with Gasteiger partial charge in [0.25, 0.3) is 5.56 Å². The zero-order chi connectivity index (χ0) is 23.8. The fourth-order valence-corrected chi connectivity index (χ4v) is 4.31. The van der Waals surface area contributed by atoms with Gasteiger partial charge < -0.3 is 25.7 Å². The number of ether oxygens (including phenoxy) is 1. The number of aromatic amines is 1. The second-order valence-corrected chi connectivity index (χ2v) is 8.61. The van der Waals surface area contributed by atoms with Crippen LogP contribution in [0.3, 0.4) is 0 Å². The summed E-state index contributed by atoms with van der Waals surface area (Å²) >= 11 is 0. The maximum atomic E-state index is 12.7. The Morgan fingerprint density at radius 1 is 1.18 bits per heavy atom. The predicted octanol–water partition coefficient (Wildman–Crippen LogP) is 3.55. The number of nitrogen functional groups attached to an aromatic ring is 1. The highest BCUT2D eigenvalue weighted by molar-refractivity contribution is 5.95. The Morgan fingerprint density at radius 2 is 2.03 bits per heavy atom. The standard InChI is InChI=1S/C25H27N7O2/c1-14-10-18(4-5-21(14)32-8-9-34-15(2)13-32)30-24-22-17(6-7-27-25(22)33)11-19(31-24)20-12-28-23(26)16(3)29-20/h4-7,10-12,15H,8-9,13H2,1-3H3,(H2,26,28)(H,27,33)(H,30,31)/t15-/m1/s1. The third-order valence-electron chi connectivity index (χ3n) is 6.04. The van der Waals surface area contributed by atoms with Gasteiger partial charge in [0, 0.05) is 30.7 Å². The van der Waals surface area contributed by atoms with E-state index in [1.54, 1.807) is 19.3 Å². The number of pyridine rings is 2. The Kier molecular flexibility index (Phi) is 5.62. The highest BCUT2D eigenvalue weighted by Crippen LogP contribution is 2.30. The Labute approximate surface area is 197 Å². The van der Waals surface area contributed by atoms with E-state index in [0.717, 1.165) is 36.3 Å². The van der Waals surface area contributed by atoms with Gasteiger partial charge in [-0.05, 0) is 62.1 Å². The molecule has 1 aliphatic rings. The number of morpholine rings is 1. The van der Waals surface area contributed by atoms with E-state index in [1.165, 1.54) is 5.69 Å². The number of fused-ring (bicyclic) bond motifs is 1. The van der Waals surface area contributed by atoms with Crippen molar-refractivity contribution in [3.63, 3.8) is 0 Å². The van der Waals surface area contributed by atoms with Crippen molar-refractivity contribution in [2.24, 2.45) is 0 Å². The van der Waals surface area contributed by atoms with E-state index in [4.69, 9.17) is 15.5 Å². The topological polar surface area (TPSA) is 122 Å². The van der Waals surface area contributed by atoms with Crippen LogP contribution in [0.25, 0.3) is 22.2 Å². The lowest BCUT2D eigenvalue weighted by molar-refractivity contribution is 0.0532. The third kappa shape index (κ3) is 4.17. The Bertz CT molecular complexity index is 1430. The molecule has 1 fully saturated rings. The summed E-state index contributed by atoms with van der Waals surface area (Å²) in [5, 5.41) is 4.59. The predicted molar refractivity (Wildman–Crippen MR) is 135 cm³/mol. The van der Waals surface area contributed by atoms with Gasteiger partial charge in [0.2, 0.25) is 0 Å². The number of hydrogen-bond donors (Lipinski definition) is 3. The average Bonchev–Trinajstić information content (AvgIpc) is 2.81. The molecule has 4 aromatic rings. The van der Waals surface area contributed by atoms with Crippen LogP contribution >= 0.6 is 0 Å². The number of nitrogens with zero attached hydrogens (tertiary/aromatic N) is 4. The normalized spacial score (nSPS) is 16.1. The molecule has 9 nitrogen and oxygen atoms in total. The van der Waals surface area contributed by atoms with E-state index in [0.29, 0.717) is 34.1 Å². The van der Waals surface area contributed by atoms with Crippen molar-refractivity contribution in [3.05, 3.63) is 64.3 Å². The van der Waals surface area contributed by atoms with Crippen molar-refractivity contribution in [2.75, 3.05) is 35.6 Å². The summed E-state index contributed by atoms with van der Waals surface area (Å²) in [7, 11) is 0. The van der Waals surface area contributed by atoms with Crippen molar-refractivity contribution in [2.45, 2.75) is 26.9 Å². The number of anilines is 4. The summed E-state index contributed by atoms with van der Waals surface area (Å²) in [6, 6.07) is 9.86. The molecule has 0 unspecified atom stereocenters. The lowest BCUT2D eigenvalue weighted by Crippen LogP contribution is -2.41. The maximum absolute atomic E-state index is 12.7. The van der Waals surface area contributed by atoms with Crippen LogP contribution in [-0.4, -0.2) is 45.7 Å². The fraction of sp³-hybridized carbons (Fsp3) is 0.280. The zero-order valence-corrected chi connectivity index (χ0v) is 19.4. The molecule has 0 radical (unpaired) electrons. The van der Waals surface area contributed by atoms with E-state index in [9.17, 15) is 4.79 Å². The minimum absolute atomic E-state index is 0.205. The van der Waals surface area contributed by atoms with Crippen molar-refractivity contribution < 1.29 is 4.74 Å². The summed E-state index contributed by atoms with van der Waals surface area (Å²) in [6.07, 6.45) is 3.42. The molecule has 4 N–H and O–H groups in total. The van der Waals surface area contributed by atoms with Crippen LogP contribution in [0.5, 0.6) is 0 Å². The largest absolute Gasteiger partial charge is 0.382 e. The van der Waals surface area contributed by atoms with Crippen LogP contribution in [0.15, 0.2) is 47.5 Å². The number of aryl methyl sites for hydroxylation is 2. The molecule has 1 aromatic carbocycles. The second kappa shape index (κ2) is 8.75. The van der Waals surface area contributed by atoms with Crippen molar-refractivity contribution in [1.29, 1.82) is 0 Å². The number of nitrogens with one attached hydrogen (secondary N) is 2.